The molecular weight excluding hydrogens is 230 g/mol. The summed E-state index contributed by atoms with van der Waals surface area (Å²) < 4.78 is 22.8. The van der Waals surface area contributed by atoms with Crippen LogP contribution in [0.3, 0.4) is 0 Å². The first-order valence-electron chi connectivity index (χ1n) is 5.56. The molecule has 1 rings (SSSR count). The number of hydrogen-bond donors (Lipinski definition) is 3. The van der Waals surface area contributed by atoms with E-state index in [0.717, 1.165) is 6.42 Å². The van der Waals surface area contributed by atoms with Crippen LogP contribution in [-0.4, -0.2) is 55.9 Å². The quantitative estimate of drug-likeness (QED) is 0.592. The second-order valence-electron chi connectivity index (χ2n) is 4.96. The monoisotopic (exact) mass is 251 g/mol. The molecule has 3 N–H and O–H groups in total. The van der Waals surface area contributed by atoms with Crippen molar-refractivity contribution < 1.29 is 18.6 Å². The highest BCUT2D eigenvalue weighted by Gasteiger charge is 2.28. The maximum atomic E-state index is 11.4. The molecule has 5 nitrogen and oxygen atoms in total. The molecule has 0 amide bonds. The molecule has 0 radical (unpaired) electrons. The summed E-state index contributed by atoms with van der Waals surface area (Å²) >= 11 is 0. The van der Waals surface area contributed by atoms with Crippen LogP contribution in [0.25, 0.3) is 0 Å². The Bertz CT molecular complexity index is 311. The van der Waals surface area contributed by atoms with Gasteiger partial charge in [-0.25, -0.2) is 8.42 Å². The van der Waals surface area contributed by atoms with E-state index in [1.165, 1.54) is 0 Å². The van der Waals surface area contributed by atoms with Gasteiger partial charge in [0, 0.05) is 18.0 Å². The van der Waals surface area contributed by atoms with Gasteiger partial charge in [-0.1, -0.05) is 6.92 Å². The fourth-order valence-electron chi connectivity index (χ4n) is 1.74. The van der Waals surface area contributed by atoms with E-state index in [2.05, 4.69) is 5.32 Å². The molecule has 6 heteroatoms. The molecule has 1 fully saturated rings. The van der Waals surface area contributed by atoms with E-state index in [1.54, 1.807) is 6.92 Å². The zero-order chi connectivity index (χ0) is 12.2. The molecule has 1 heterocycles. The summed E-state index contributed by atoms with van der Waals surface area (Å²) in [6.45, 7) is 1.96. The van der Waals surface area contributed by atoms with Crippen LogP contribution in [0, 0.1) is 5.41 Å². The molecule has 1 aliphatic heterocycles. The average Bonchev–Trinajstić information content (AvgIpc) is 2.25. The number of nitrogens with one attached hydrogen (secondary N) is 1. The molecule has 1 atom stereocenters. The summed E-state index contributed by atoms with van der Waals surface area (Å²) in [5.41, 5.74) is -0.582. The van der Waals surface area contributed by atoms with E-state index in [4.69, 9.17) is 10.2 Å². The summed E-state index contributed by atoms with van der Waals surface area (Å²) in [7, 11) is -2.90. The fourth-order valence-corrected chi connectivity index (χ4v) is 3.41. The lowest BCUT2D eigenvalue weighted by molar-refractivity contribution is 0.0675. The third-order valence-electron chi connectivity index (χ3n) is 3.04. The van der Waals surface area contributed by atoms with Gasteiger partial charge in [0.25, 0.3) is 0 Å². The predicted octanol–water partition coefficient (Wildman–Crippen LogP) is -0.856. The van der Waals surface area contributed by atoms with Crippen molar-refractivity contribution in [1.82, 2.24) is 5.32 Å². The highest BCUT2D eigenvalue weighted by atomic mass is 32.2. The molecule has 0 spiro atoms. The van der Waals surface area contributed by atoms with Crippen molar-refractivity contribution in [1.29, 1.82) is 0 Å². The second-order valence-corrected chi connectivity index (χ2v) is 7.19. The first-order chi connectivity index (χ1) is 7.41. The van der Waals surface area contributed by atoms with Crippen LogP contribution < -0.4 is 5.32 Å². The van der Waals surface area contributed by atoms with Crippen LogP contribution in [0.5, 0.6) is 0 Å². The SMILES string of the molecule is CC(CO)(CO)CNC1CCCS(=O)(=O)C1. The molecule has 1 unspecified atom stereocenters. The minimum Gasteiger partial charge on any atom is -0.396 e. The lowest BCUT2D eigenvalue weighted by Gasteiger charge is -2.30. The highest BCUT2D eigenvalue weighted by molar-refractivity contribution is 7.91. The fraction of sp³-hybridized carbons (Fsp3) is 1.00. The largest absolute Gasteiger partial charge is 0.396 e. The van der Waals surface area contributed by atoms with E-state index < -0.39 is 15.3 Å². The lowest BCUT2D eigenvalue weighted by Crippen LogP contribution is -2.46. The third kappa shape index (κ3) is 4.01. The highest BCUT2D eigenvalue weighted by Crippen LogP contribution is 2.16. The topological polar surface area (TPSA) is 86.6 Å². The van der Waals surface area contributed by atoms with Gasteiger partial charge in [0.1, 0.15) is 0 Å². The van der Waals surface area contributed by atoms with Crippen molar-refractivity contribution in [3.05, 3.63) is 0 Å². The first-order valence-corrected chi connectivity index (χ1v) is 7.38. The van der Waals surface area contributed by atoms with Crippen molar-refractivity contribution in [2.45, 2.75) is 25.8 Å². The zero-order valence-corrected chi connectivity index (χ0v) is 10.5. The van der Waals surface area contributed by atoms with Crippen molar-refractivity contribution in [2.24, 2.45) is 5.41 Å². The standard InChI is InChI=1S/C10H21NO4S/c1-10(7-12,8-13)6-11-9-3-2-4-16(14,15)5-9/h9,11-13H,2-8H2,1H3. The molecular formula is C10H21NO4S. The minimum absolute atomic E-state index is 0.0452. The first kappa shape index (κ1) is 13.9. The van der Waals surface area contributed by atoms with Crippen molar-refractivity contribution in [3.63, 3.8) is 0 Å². The number of sulfone groups is 1. The summed E-state index contributed by atoms with van der Waals surface area (Å²) in [6.07, 6.45) is 1.53. The van der Waals surface area contributed by atoms with E-state index >= 15 is 0 Å². The number of aliphatic hydroxyl groups is 2. The van der Waals surface area contributed by atoms with Gasteiger partial charge >= 0.3 is 0 Å². The molecule has 0 saturated carbocycles. The maximum absolute atomic E-state index is 11.4. The average molecular weight is 251 g/mol. The molecule has 0 aromatic heterocycles. The van der Waals surface area contributed by atoms with Crippen molar-refractivity contribution in [3.8, 4) is 0 Å². The van der Waals surface area contributed by atoms with Gasteiger partial charge in [-0.05, 0) is 12.8 Å². The van der Waals surface area contributed by atoms with Gasteiger partial charge < -0.3 is 15.5 Å². The summed E-state index contributed by atoms with van der Waals surface area (Å²) in [4.78, 5) is 0. The Morgan fingerprint density at radius 1 is 1.38 bits per heavy atom. The van der Waals surface area contributed by atoms with Gasteiger partial charge in [0.2, 0.25) is 0 Å². The molecule has 1 saturated heterocycles. The molecule has 96 valence electrons. The Hall–Kier alpha value is -0.170. The molecule has 0 aromatic rings. The Labute approximate surface area is 96.8 Å². The van der Waals surface area contributed by atoms with Crippen LogP contribution in [0.2, 0.25) is 0 Å². The van der Waals surface area contributed by atoms with Crippen LogP contribution in [-0.2, 0) is 9.84 Å². The van der Waals surface area contributed by atoms with Gasteiger partial charge in [-0.15, -0.1) is 0 Å². The number of rotatable bonds is 5. The van der Waals surface area contributed by atoms with Crippen LogP contribution in [0.1, 0.15) is 19.8 Å². The van der Waals surface area contributed by atoms with Crippen molar-refractivity contribution in [2.75, 3.05) is 31.3 Å². The van der Waals surface area contributed by atoms with Gasteiger partial charge in [-0.2, -0.15) is 0 Å². The lowest BCUT2D eigenvalue weighted by atomic mass is 9.92. The summed E-state index contributed by atoms with van der Waals surface area (Å²) in [5.74, 6) is 0.447. The Morgan fingerprint density at radius 2 is 2.00 bits per heavy atom. The molecule has 16 heavy (non-hydrogen) atoms. The Morgan fingerprint density at radius 3 is 2.50 bits per heavy atom. The second kappa shape index (κ2) is 5.44. The van der Waals surface area contributed by atoms with Crippen LogP contribution in [0.4, 0.5) is 0 Å². The molecule has 0 aromatic carbocycles. The van der Waals surface area contributed by atoms with Crippen molar-refractivity contribution >= 4 is 9.84 Å². The third-order valence-corrected chi connectivity index (χ3v) is 4.86. The van der Waals surface area contributed by atoms with Gasteiger partial charge in [0.05, 0.1) is 24.7 Å². The number of hydrogen-bond acceptors (Lipinski definition) is 5. The van der Waals surface area contributed by atoms with E-state index in [1.807, 2.05) is 0 Å². The summed E-state index contributed by atoms with van der Waals surface area (Å²) in [6, 6.07) is -0.0452. The smallest absolute Gasteiger partial charge is 0.151 e. The maximum Gasteiger partial charge on any atom is 0.151 e. The van der Waals surface area contributed by atoms with Gasteiger partial charge in [0.15, 0.2) is 9.84 Å². The van der Waals surface area contributed by atoms with E-state index in [9.17, 15) is 8.42 Å². The Balaban J connectivity index is 2.43. The predicted molar refractivity (Wildman–Crippen MR) is 62.0 cm³/mol. The molecule has 0 bridgehead atoms. The van der Waals surface area contributed by atoms with E-state index in [0.29, 0.717) is 13.0 Å². The normalized spacial score (nSPS) is 25.6. The molecule has 1 aliphatic rings. The van der Waals surface area contributed by atoms with Crippen LogP contribution >= 0.6 is 0 Å². The zero-order valence-electron chi connectivity index (χ0n) is 9.65. The number of aliphatic hydroxyl groups excluding tert-OH is 2. The van der Waals surface area contributed by atoms with E-state index in [-0.39, 0.29) is 30.8 Å². The van der Waals surface area contributed by atoms with Crippen LogP contribution in [0.15, 0.2) is 0 Å². The van der Waals surface area contributed by atoms with Gasteiger partial charge in [-0.3, -0.25) is 0 Å². The Kier molecular flexibility index (Phi) is 4.73. The molecule has 0 aliphatic carbocycles. The summed E-state index contributed by atoms with van der Waals surface area (Å²) in [5, 5.41) is 21.3. The minimum atomic E-state index is -2.90.